The largest absolute Gasteiger partial charge is 0.325 e. The van der Waals surface area contributed by atoms with Gasteiger partial charge in [0.15, 0.2) is 5.82 Å². The summed E-state index contributed by atoms with van der Waals surface area (Å²) in [5.74, 6) is 0.888. The molecule has 1 N–H and O–H groups in total. The Morgan fingerprint density at radius 1 is 1.16 bits per heavy atom. The molecular formula is C15H20N4. The molecule has 0 bridgehead atoms. The summed E-state index contributed by atoms with van der Waals surface area (Å²) in [7, 11) is 1.91. The van der Waals surface area contributed by atoms with Crippen LogP contribution in [0.1, 0.15) is 18.2 Å². The van der Waals surface area contributed by atoms with Crippen LogP contribution in [0.25, 0.3) is 0 Å². The van der Waals surface area contributed by atoms with Gasteiger partial charge < -0.3 is 10.2 Å². The van der Waals surface area contributed by atoms with Crippen molar-refractivity contribution in [3.8, 4) is 0 Å². The summed E-state index contributed by atoms with van der Waals surface area (Å²) in [6.07, 6.45) is 3.60. The highest BCUT2D eigenvalue weighted by Gasteiger charge is 2.09. The first-order valence-electron chi connectivity index (χ1n) is 6.54. The van der Waals surface area contributed by atoms with Gasteiger partial charge in [0, 0.05) is 25.0 Å². The SMILES string of the molecule is CCN(c1ccc(C)cc1)c1cncc(CNC)n1. The second-order valence-electron chi connectivity index (χ2n) is 4.48. The standard InChI is InChI=1S/C15H20N4/c1-4-19(14-7-5-12(2)6-8-14)15-11-17-10-13(18-15)9-16-3/h5-8,10-11,16H,4,9H2,1-3H3. The zero-order valence-electron chi connectivity index (χ0n) is 11.7. The maximum atomic E-state index is 4.63. The molecule has 0 radical (unpaired) electrons. The summed E-state index contributed by atoms with van der Waals surface area (Å²) in [5, 5.41) is 3.09. The van der Waals surface area contributed by atoms with Crippen LogP contribution in [0.5, 0.6) is 0 Å². The molecule has 1 heterocycles. The molecule has 0 spiro atoms. The van der Waals surface area contributed by atoms with E-state index in [1.165, 1.54) is 5.56 Å². The van der Waals surface area contributed by atoms with Crippen molar-refractivity contribution in [3.63, 3.8) is 0 Å². The van der Waals surface area contributed by atoms with Gasteiger partial charge in [-0.05, 0) is 33.0 Å². The Bertz CT molecular complexity index is 522. The molecule has 0 atom stereocenters. The number of benzene rings is 1. The lowest BCUT2D eigenvalue weighted by Crippen LogP contribution is -2.19. The monoisotopic (exact) mass is 256 g/mol. The van der Waals surface area contributed by atoms with Crippen molar-refractivity contribution >= 4 is 11.5 Å². The average Bonchev–Trinajstić information content (AvgIpc) is 2.43. The summed E-state index contributed by atoms with van der Waals surface area (Å²) in [5.41, 5.74) is 3.35. The molecule has 1 aromatic carbocycles. The van der Waals surface area contributed by atoms with E-state index in [1.807, 2.05) is 13.2 Å². The van der Waals surface area contributed by atoms with Gasteiger partial charge in [0.25, 0.3) is 0 Å². The fourth-order valence-electron chi connectivity index (χ4n) is 1.99. The molecule has 0 aliphatic carbocycles. The number of hydrogen-bond donors (Lipinski definition) is 1. The van der Waals surface area contributed by atoms with Gasteiger partial charge in [-0.15, -0.1) is 0 Å². The molecule has 0 aliphatic heterocycles. The molecule has 0 fully saturated rings. The van der Waals surface area contributed by atoms with Crippen LogP contribution in [0.2, 0.25) is 0 Å². The van der Waals surface area contributed by atoms with Crippen molar-refractivity contribution in [2.45, 2.75) is 20.4 Å². The zero-order valence-corrected chi connectivity index (χ0v) is 11.7. The second kappa shape index (κ2) is 6.29. The molecule has 0 saturated carbocycles. The molecule has 2 rings (SSSR count). The average molecular weight is 256 g/mol. The van der Waals surface area contributed by atoms with E-state index in [1.54, 1.807) is 6.20 Å². The first-order chi connectivity index (χ1) is 9.24. The van der Waals surface area contributed by atoms with Gasteiger partial charge in [0.05, 0.1) is 11.9 Å². The third kappa shape index (κ3) is 3.29. The van der Waals surface area contributed by atoms with Crippen molar-refractivity contribution < 1.29 is 0 Å². The predicted octanol–water partition coefficient (Wildman–Crippen LogP) is 2.66. The molecule has 100 valence electrons. The van der Waals surface area contributed by atoms with Gasteiger partial charge in [-0.1, -0.05) is 17.7 Å². The van der Waals surface area contributed by atoms with E-state index in [2.05, 4.69) is 58.3 Å². The number of aryl methyl sites for hydroxylation is 1. The lowest BCUT2D eigenvalue weighted by Gasteiger charge is -2.22. The zero-order chi connectivity index (χ0) is 13.7. The van der Waals surface area contributed by atoms with Crippen LogP contribution >= 0.6 is 0 Å². The van der Waals surface area contributed by atoms with Crippen molar-refractivity contribution in [1.82, 2.24) is 15.3 Å². The van der Waals surface area contributed by atoms with E-state index >= 15 is 0 Å². The minimum Gasteiger partial charge on any atom is -0.325 e. The maximum absolute atomic E-state index is 4.63. The third-order valence-corrected chi connectivity index (χ3v) is 2.97. The Morgan fingerprint density at radius 3 is 2.53 bits per heavy atom. The van der Waals surface area contributed by atoms with Crippen LogP contribution in [0.3, 0.4) is 0 Å². The number of anilines is 2. The van der Waals surface area contributed by atoms with E-state index < -0.39 is 0 Å². The first kappa shape index (κ1) is 13.5. The van der Waals surface area contributed by atoms with Crippen molar-refractivity contribution in [1.29, 1.82) is 0 Å². The van der Waals surface area contributed by atoms with Crippen molar-refractivity contribution in [2.24, 2.45) is 0 Å². The summed E-state index contributed by atoms with van der Waals surface area (Å²) in [6, 6.07) is 8.46. The highest BCUT2D eigenvalue weighted by atomic mass is 15.2. The Labute approximate surface area is 114 Å². The van der Waals surface area contributed by atoms with E-state index in [0.717, 1.165) is 30.3 Å². The molecule has 0 saturated heterocycles. The van der Waals surface area contributed by atoms with Crippen LogP contribution < -0.4 is 10.2 Å². The molecule has 4 heteroatoms. The number of hydrogen-bond acceptors (Lipinski definition) is 4. The fourth-order valence-corrected chi connectivity index (χ4v) is 1.99. The second-order valence-corrected chi connectivity index (χ2v) is 4.48. The van der Waals surface area contributed by atoms with Crippen LogP contribution in [0.4, 0.5) is 11.5 Å². The van der Waals surface area contributed by atoms with Crippen LogP contribution in [-0.2, 0) is 6.54 Å². The van der Waals surface area contributed by atoms with Gasteiger partial charge in [-0.25, -0.2) is 4.98 Å². The molecule has 0 unspecified atom stereocenters. The summed E-state index contributed by atoms with van der Waals surface area (Å²) < 4.78 is 0. The summed E-state index contributed by atoms with van der Waals surface area (Å²) >= 11 is 0. The Balaban J connectivity index is 2.30. The van der Waals surface area contributed by atoms with Gasteiger partial charge >= 0.3 is 0 Å². The number of nitrogens with zero attached hydrogens (tertiary/aromatic N) is 3. The normalized spacial score (nSPS) is 10.5. The number of rotatable bonds is 5. The molecular weight excluding hydrogens is 236 g/mol. The van der Waals surface area contributed by atoms with E-state index in [-0.39, 0.29) is 0 Å². The highest BCUT2D eigenvalue weighted by molar-refractivity contribution is 5.59. The highest BCUT2D eigenvalue weighted by Crippen LogP contribution is 2.23. The summed E-state index contributed by atoms with van der Waals surface area (Å²) in [6.45, 7) is 5.80. The Hall–Kier alpha value is -1.94. The van der Waals surface area contributed by atoms with Gasteiger partial charge in [-0.2, -0.15) is 0 Å². The quantitative estimate of drug-likeness (QED) is 0.893. The maximum Gasteiger partial charge on any atom is 0.151 e. The first-order valence-corrected chi connectivity index (χ1v) is 6.54. The van der Waals surface area contributed by atoms with Crippen LogP contribution in [0, 0.1) is 6.92 Å². The molecule has 4 nitrogen and oxygen atoms in total. The van der Waals surface area contributed by atoms with Crippen molar-refractivity contribution in [2.75, 3.05) is 18.5 Å². The summed E-state index contributed by atoms with van der Waals surface area (Å²) in [4.78, 5) is 11.1. The van der Waals surface area contributed by atoms with E-state index in [0.29, 0.717) is 0 Å². The smallest absolute Gasteiger partial charge is 0.151 e. The minimum absolute atomic E-state index is 0.728. The topological polar surface area (TPSA) is 41.1 Å². The number of aromatic nitrogens is 2. The van der Waals surface area contributed by atoms with Crippen molar-refractivity contribution in [3.05, 3.63) is 47.9 Å². The third-order valence-electron chi connectivity index (χ3n) is 2.97. The van der Waals surface area contributed by atoms with Gasteiger partial charge in [-0.3, -0.25) is 4.98 Å². The number of nitrogens with one attached hydrogen (secondary N) is 1. The molecule has 0 amide bonds. The lowest BCUT2D eigenvalue weighted by molar-refractivity contribution is 0.780. The molecule has 2 aromatic rings. The Kier molecular flexibility index (Phi) is 4.47. The van der Waals surface area contributed by atoms with E-state index in [4.69, 9.17) is 0 Å². The van der Waals surface area contributed by atoms with Gasteiger partial charge in [0.1, 0.15) is 0 Å². The molecule has 1 aromatic heterocycles. The van der Waals surface area contributed by atoms with Crippen LogP contribution in [0.15, 0.2) is 36.7 Å². The Morgan fingerprint density at radius 2 is 1.89 bits per heavy atom. The molecule has 19 heavy (non-hydrogen) atoms. The molecule has 0 aliphatic rings. The lowest BCUT2D eigenvalue weighted by atomic mass is 10.2. The minimum atomic E-state index is 0.728. The van der Waals surface area contributed by atoms with Gasteiger partial charge in [0.2, 0.25) is 0 Å². The van der Waals surface area contributed by atoms with Crippen LogP contribution in [-0.4, -0.2) is 23.6 Å². The van der Waals surface area contributed by atoms with E-state index in [9.17, 15) is 0 Å². The predicted molar refractivity (Wildman–Crippen MR) is 78.7 cm³/mol. The fraction of sp³-hybridized carbons (Fsp3) is 0.333.